The van der Waals surface area contributed by atoms with Gasteiger partial charge >= 0.3 is 0 Å². The summed E-state index contributed by atoms with van der Waals surface area (Å²) >= 11 is 0. The van der Waals surface area contributed by atoms with Crippen molar-refractivity contribution in [3.63, 3.8) is 0 Å². The summed E-state index contributed by atoms with van der Waals surface area (Å²) in [5.41, 5.74) is 1.17. The third-order valence-corrected chi connectivity index (χ3v) is 6.92. The summed E-state index contributed by atoms with van der Waals surface area (Å²) in [7, 11) is 2.06. The predicted octanol–water partition coefficient (Wildman–Crippen LogP) is 2.98. The van der Waals surface area contributed by atoms with E-state index < -0.39 is 0 Å². The highest BCUT2D eigenvalue weighted by Crippen LogP contribution is 2.49. The molecule has 1 aromatic rings. The van der Waals surface area contributed by atoms with Crippen molar-refractivity contribution in [1.29, 1.82) is 0 Å². The van der Waals surface area contributed by atoms with Gasteiger partial charge in [-0.2, -0.15) is 0 Å². The van der Waals surface area contributed by atoms with Crippen LogP contribution in [0.3, 0.4) is 0 Å². The Morgan fingerprint density at radius 2 is 2.04 bits per heavy atom. The number of hydrogen-bond donors (Lipinski definition) is 0. The molecule has 0 unspecified atom stereocenters. The summed E-state index contributed by atoms with van der Waals surface area (Å²) in [6.07, 6.45) is 10.3. The van der Waals surface area contributed by atoms with E-state index in [0.29, 0.717) is 23.8 Å². The SMILES string of the molecule is CN(C(=O)[C@@H]1C[C@H]2CC[C@H]1C2)C1CCN(CCc2ccccn2)CC1. The van der Waals surface area contributed by atoms with Gasteiger partial charge < -0.3 is 9.80 Å². The van der Waals surface area contributed by atoms with Gasteiger partial charge in [-0.05, 0) is 56.1 Å². The van der Waals surface area contributed by atoms with E-state index >= 15 is 0 Å². The summed E-state index contributed by atoms with van der Waals surface area (Å²) in [4.78, 5) is 22.0. The number of fused-ring (bicyclic) bond motifs is 2. The minimum Gasteiger partial charge on any atom is -0.342 e. The highest BCUT2D eigenvalue weighted by Gasteiger charge is 2.44. The third-order valence-electron chi connectivity index (χ3n) is 6.92. The van der Waals surface area contributed by atoms with E-state index in [9.17, 15) is 4.79 Å². The van der Waals surface area contributed by atoms with Crippen molar-refractivity contribution >= 4 is 5.91 Å². The minimum atomic E-state index is 0.339. The summed E-state index contributed by atoms with van der Waals surface area (Å²) < 4.78 is 0. The fourth-order valence-electron chi connectivity index (χ4n) is 5.34. The largest absolute Gasteiger partial charge is 0.342 e. The number of amides is 1. The average Bonchev–Trinajstić information content (AvgIpc) is 3.30. The molecule has 0 radical (unpaired) electrons. The second-order valence-corrected chi connectivity index (χ2v) is 8.37. The third kappa shape index (κ3) is 3.74. The van der Waals surface area contributed by atoms with Crippen molar-refractivity contribution in [2.75, 3.05) is 26.7 Å². The van der Waals surface area contributed by atoms with Crippen LogP contribution >= 0.6 is 0 Å². The van der Waals surface area contributed by atoms with Crippen molar-refractivity contribution < 1.29 is 4.79 Å². The molecule has 2 saturated carbocycles. The van der Waals surface area contributed by atoms with Crippen LogP contribution in [0.2, 0.25) is 0 Å². The lowest BCUT2D eigenvalue weighted by Gasteiger charge is -2.38. The Kier molecular flexibility index (Phi) is 5.07. The zero-order valence-corrected chi connectivity index (χ0v) is 15.4. The number of carbonyl (C=O) groups is 1. The molecule has 25 heavy (non-hydrogen) atoms. The van der Waals surface area contributed by atoms with E-state index in [0.717, 1.165) is 51.2 Å². The molecule has 1 aromatic heterocycles. The fourth-order valence-corrected chi connectivity index (χ4v) is 5.34. The maximum absolute atomic E-state index is 12.9. The maximum atomic E-state index is 12.9. The molecular weight excluding hydrogens is 310 g/mol. The highest BCUT2D eigenvalue weighted by atomic mass is 16.2. The van der Waals surface area contributed by atoms with E-state index in [1.54, 1.807) is 0 Å². The quantitative estimate of drug-likeness (QED) is 0.826. The Morgan fingerprint density at radius 3 is 2.68 bits per heavy atom. The molecule has 1 amide bonds. The zero-order valence-electron chi connectivity index (χ0n) is 15.4. The van der Waals surface area contributed by atoms with Crippen LogP contribution in [0.4, 0.5) is 0 Å². The molecule has 3 aliphatic rings. The Bertz CT molecular complexity index is 582. The molecule has 4 heteroatoms. The smallest absolute Gasteiger partial charge is 0.225 e. The first kappa shape index (κ1) is 17.0. The minimum absolute atomic E-state index is 0.339. The lowest BCUT2D eigenvalue weighted by molar-refractivity contribution is -0.138. The fraction of sp³-hybridized carbons (Fsp3) is 0.714. The molecule has 0 spiro atoms. The van der Waals surface area contributed by atoms with Gasteiger partial charge in [-0.1, -0.05) is 12.5 Å². The molecule has 2 heterocycles. The summed E-state index contributed by atoms with van der Waals surface area (Å²) in [5, 5.41) is 0. The van der Waals surface area contributed by atoms with Gasteiger partial charge in [-0.3, -0.25) is 9.78 Å². The van der Waals surface area contributed by atoms with Crippen LogP contribution in [0, 0.1) is 17.8 Å². The number of hydrogen-bond acceptors (Lipinski definition) is 3. The van der Waals surface area contributed by atoms with E-state index in [1.165, 1.54) is 25.0 Å². The van der Waals surface area contributed by atoms with Crippen molar-refractivity contribution in [2.24, 2.45) is 17.8 Å². The van der Waals surface area contributed by atoms with Gasteiger partial charge in [0.2, 0.25) is 5.91 Å². The monoisotopic (exact) mass is 341 g/mol. The summed E-state index contributed by atoms with van der Waals surface area (Å²) in [6.45, 7) is 3.28. The second kappa shape index (κ2) is 7.45. The molecule has 4 nitrogen and oxygen atoms in total. The predicted molar refractivity (Wildman–Crippen MR) is 99.1 cm³/mol. The van der Waals surface area contributed by atoms with Crippen molar-refractivity contribution in [3.8, 4) is 0 Å². The first-order chi connectivity index (χ1) is 12.2. The van der Waals surface area contributed by atoms with Crippen molar-refractivity contribution in [3.05, 3.63) is 30.1 Å². The molecule has 3 atom stereocenters. The normalized spacial score (nSPS) is 29.9. The van der Waals surface area contributed by atoms with Crippen LogP contribution in [0.25, 0.3) is 0 Å². The number of carbonyl (C=O) groups excluding carboxylic acids is 1. The van der Waals surface area contributed by atoms with Crippen molar-refractivity contribution in [2.45, 2.75) is 51.0 Å². The Labute approximate surface area is 151 Å². The first-order valence-corrected chi connectivity index (χ1v) is 10.1. The van der Waals surface area contributed by atoms with E-state index in [2.05, 4.69) is 34.0 Å². The molecule has 3 fully saturated rings. The van der Waals surface area contributed by atoms with Crippen LogP contribution in [0.15, 0.2) is 24.4 Å². The van der Waals surface area contributed by atoms with Gasteiger partial charge in [-0.25, -0.2) is 0 Å². The number of piperidine rings is 1. The highest BCUT2D eigenvalue weighted by molar-refractivity contribution is 5.79. The molecule has 1 aliphatic heterocycles. The van der Waals surface area contributed by atoms with Gasteiger partial charge in [0.1, 0.15) is 0 Å². The lowest BCUT2D eigenvalue weighted by Crippen LogP contribution is -2.48. The standard InChI is InChI=1S/C21H31N3O/c1-23(21(25)20-15-16-5-6-17(20)14-16)19-8-12-24(13-9-19)11-7-18-4-2-3-10-22-18/h2-4,10,16-17,19-20H,5-9,11-15H2,1H3/t16-,17-,20+/m0/s1. The van der Waals surface area contributed by atoms with E-state index in [4.69, 9.17) is 0 Å². The number of pyridine rings is 1. The zero-order chi connectivity index (χ0) is 17.2. The van der Waals surface area contributed by atoms with Gasteiger partial charge in [0.25, 0.3) is 0 Å². The molecule has 0 aromatic carbocycles. The van der Waals surface area contributed by atoms with E-state index in [-0.39, 0.29) is 0 Å². The number of rotatable bonds is 5. The molecule has 2 aliphatic carbocycles. The molecule has 2 bridgehead atoms. The van der Waals surface area contributed by atoms with Crippen LogP contribution in [-0.4, -0.2) is 53.4 Å². The van der Waals surface area contributed by atoms with Crippen LogP contribution in [0.1, 0.15) is 44.2 Å². The summed E-state index contributed by atoms with van der Waals surface area (Å²) in [5.74, 6) is 2.32. The Morgan fingerprint density at radius 1 is 1.20 bits per heavy atom. The molecule has 1 saturated heterocycles. The molecule has 0 N–H and O–H groups in total. The van der Waals surface area contributed by atoms with Crippen LogP contribution < -0.4 is 0 Å². The summed E-state index contributed by atoms with van der Waals surface area (Å²) in [6, 6.07) is 6.58. The van der Waals surface area contributed by atoms with E-state index in [1.807, 2.05) is 12.3 Å². The number of likely N-dealkylation sites (tertiary alicyclic amines) is 1. The second-order valence-electron chi connectivity index (χ2n) is 8.37. The van der Waals surface area contributed by atoms with Crippen LogP contribution in [0.5, 0.6) is 0 Å². The maximum Gasteiger partial charge on any atom is 0.225 e. The Hall–Kier alpha value is -1.42. The van der Waals surface area contributed by atoms with Crippen molar-refractivity contribution in [1.82, 2.24) is 14.8 Å². The number of nitrogens with zero attached hydrogens (tertiary/aromatic N) is 3. The van der Waals surface area contributed by atoms with Gasteiger partial charge in [0.15, 0.2) is 0 Å². The Balaban J connectivity index is 1.23. The molecule has 136 valence electrons. The molecular formula is C21H31N3O. The van der Waals surface area contributed by atoms with Gasteiger partial charge in [0, 0.05) is 57.0 Å². The van der Waals surface area contributed by atoms with Crippen LogP contribution in [-0.2, 0) is 11.2 Å². The van der Waals surface area contributed by atoms with Gasteiger partial charge in [-0.15, -0.1) is 0 Å². The first-order valence-electron chi connectivity index (χ1n) is 10.1. The number of aromatic nitrogens is 1. The van der Waals surface area contributed by atoms with Gasteiger partial charge in [0.05, 0.1) is 0 Å². The molecule has 4 rings (SSSR count). The average molecular weight is 341 g/mol. The topological polar surface area (TPSA) is 36.4 Å². The lowest BCUT2D eigenvalue weighted by atomic mass is 9.87.